The molecule has 2 rings (SSSR count). The van der Waals surface area contributed by atoms with Gasteiger partial charge in [-0.05, 0) is 12.8 Å². The Kier molecular flexibility index (Phi) is 4.72. The molecule has 0 aromatic carbocycles. The van der Waals surface area contributed by atoms with Crippen LogP contribution in [0.5, 0.6) is 0 Å². The highest BCUT2D eigenvalue weighted by atomic mass is 16.3. The summed E-state index contributed by atoms with van der Waals surface area (Å²) in [5, 5.41) is 19.0. The molecule has 1 amide bonds. The van der Waals surface area contributed by atoms with Crippen molar-refractivity contribution in [1.82, 2.24) is 20.4 Å². The first kappa shape index (κ1) is 13.0. The third-order valence-corrected chi connectivity index (χ3v) is 2.82. The molecule has 0 saturated heterocycles. The zero-order valence-electron chi connectivity index (χ0n) is 10.4. The second-order valence-corrected chi connectivity index (χ2v) is 4.60. The monoisotopic (exact) mass is 252 g/mol. The molecule has 18 heavy (non-hydrogen) atoms. The van der Waals surface area contributed by atoms with Gasteiger partial charge in [0.05, 0.1) is 19.3 Å². The Balaban J connectivity index is 1.57. The van der Waals surface area contributed by atoms with Crippen LogP contribution in [0, 0.1) is 0 Å². The average Bonchev–Trinajstić information content (AvgIpc) is 3.04. The van der Waals surface area contributed by atoms with E-state index in [1.54, 1.807) is 10.9 Å². The fraction of sp³-hybridized carbons (Fsp3) is 0.667. The molecule has 6 nitrogen and oxygen atoms in total. The quantitative estimate of drug-likeness (QED) is 0.552. The van der Waals surface area contributed by atoms with Crippen LogP contribution in [0.25, 0.3) is 0 Å². The van der Waals surface area contributed by atoms with Crippen LogP contribution in [0.1, 0.15) is 24.8 Å². The number of carbonyl (C=O) groups excluding carboxylic acids is 1. The summed E-state index contributed by atoms with van der Waals surface area (Å²) in [5.74, 6) is 0.126. The molecular weight excluding hydrogens is 232 g/mol. The summed E-state index contributed by atoms with van der Waals surface area (Å²) in [6.45, 7) is 1.98. The summed E-state index contributed by atoms with van der Waals surface area (Å²) in [5.41, 5.74) is 1.06. The normalized spacial score (nSPS) is 14.7. The minimum absolute atomic E-state index is 0.0931. The maximum absolute atomic E-state index is 11.4. The van der Waals surface area contributed by atoms with Gasteiger partial charge in [0, 0.05) is 37.3 Å². The lowest BCUT2D eigenvalue weighted by atomic mass is 10.3. The van der Waals surface area contributed by atoms with Gasteiger partial charge >= 0.3 is 0 Å². The van der Waals surface area contributed by atoms with Gasteiger partial charge in [-0.1, -0.05) is 0 Å². The van der Waals surface area contributed by atoms with Crippen LogP contribution in [-0.4, -0.2) is 40.0 Å². The van der Waals surface area contributed by atoms with Gasteiger partial charge in [-0.25, -0.2) is 0 Å². The number of hydrogen-bond acceptors (Lipinski definition) is 4. The van der Waals surface area contributed by atoms with Crippen LogP contribution < -0.4 is 10.6 Å². The molecule has 1 aromatic heterocycles. The van der Waals surface area contributed by atoms with Gasteiger partial charge in [0.2, 0.25) is 5.91 Å². The summed E-state index contributed by atoms with van der Waals surface area (Å²) in [6.07, 6.45) is 6.44. The van der Waals surface area contributed by atoms with Gasteiger partial charge in [0.1, 0.15) is 0 Å². The van der Waals surface area contributed by atoms with E-state index in [0.29, 0.717) is 32.1 Å². The van der Waals surface area contributed by atoms with Crippen molar-refractivity contribution in [1.29, 1.82) is 0 Å². The molecule has 0 aliphatic heterocycles. The Bertz CT molecular complexity index is 387. The lowest BCUT2D eigenvalue weighted by molar-refractivity contribution is -0.121. The fourth-order valence-electron chi connectivity index (χ4n) is 1.68. The SMILES string of the molecule is O=C(CCNCc1cnn(CCO)c1)NC1CC1. The van der Waals surface area contributed by atoms with Crippen LogP contribution in [0.15, 0.2) is 12.4 Å². The zero-order chi connectivity index (χ0) is 12.8. The Labute approximate surface area is 106 Å². The molecule has 0 atom stereocenters. The highest BCUT2D eigenvalue weighted by Crippen LogP contribution is 2.18. The molecule has 0 unspecified atom stereocenters. The predicted octanol–water partition coefficient (Wildman–Crippen LogP) is -0.366. The van der Waals surface area contributed by atoms with Crippen molar-refractivity contribution in [2.24, 2.45) is 0 Å². The second kappa shape index (κ2) is 6.51. The second-order valence-electron chi connectivity index (χ2n) is 4.60. The maximum atomic E-state index is 11.4. The minimum Gasteiger partial charge on any atom is -0.394 e. The number of rotatable bonds is 8. The highest BCUT2D eigenvalue weighted by Gasteiger charge is 2.22. The number of nitrogens with zero attached hydrogens (tertiary/aromatic N) is 2. The van der Waals surface area contributed by atoms with E-state index in [0.717, 1.165) is 18.4 Å². The van der Waals surface area contributed by atoms with Crippen LogP contribution in [0.2, 0.25) is 0 Å². The number of hydrogen-bond donors (Lipinski definition) is 3. The van der Waals surface area contributed by atoms with Crippen molar-refractivity contribution in [2.75, 3.05) is 13.2 Å². The lowest BCUT2D eigenvalue weighted by Gasteiger charge is -2.04. The number of aromatic nitrogens is 2. The molecule has 1 aromatic rings. The molecule has 1 fully saturated rings. The molecule has 1 aliphatic carbocycles. The number of nitrogens with one attached hydrogen (secondary N) is 2. The topological polar surface area (TPSA) is 79.2 Å². The molecule has 3 N–H and O–H groups in total. The Morgan fingerprint density at radius 3 is 3.11 bits per heavy atom. The van der Waals surface area contributed by atoms with Crippen molar-refractivity contribution >= 4 is 5.91 Å². The lowest BCUT2D eigenvalue weighted by Crippen LogP contribution is -2.28. The van der Waals surface area contributed by atoms with Crippen LogP contribution in [-0.2, 0) is 17.9 Å². The zero-order valence-corrected chi connectivity index (χ0v) is 10.4. The number of aliphatic hydroxyl groups is 1. The summed E-state index contributed by atoms with van der Waals surface area (Å²) in [4.78, 5) is 11.4. The standard InChI is InChI=1S/C12H20N4O2/c17-6-5-16-9-10(8-14-16)7-13-4-3-12(18)15-11-1-2-11/h8-9,11,13,17H,1-7H2,(H,15,18). The van der Waals surface area contributed by atoms with Crippen molar-refractivity contribution in [3.63, 3.8) is 0 Å². The van der Waals surface area contributed by atoms with Gasteiger partial charge in [0.15, 0.2) is 0 Å². The fourth-order valence-corrected chi connectivity index (χ4v) is 1.68. The largest absolute Gasteiger partial charge is 0.394 e. The molecule has 1 aliphatic rings. The summed E-state index contributed by atoms with van der Waals surface area (Å²) in [6, 6.07) is 0.439. The summed E-state index contributed by atoms with van der Waals surface area (Å²) < 4.78 is 1.71. The van der Waals surface area contributed by atoms with E-state index >= 15 is 0 Å². The Hall–Kier alpha value is -1.40. The van der Waals surface area contributed by atoms with Crippen molar-refractivity contribution in [3.05, 3.63) is 18.0 Å². The van der Waals surface area contributed by atoms with Gasteiger partial charge in [-0.2, -0.15) is 5.10 Å². The van der Waals surface area contributed by atoms with E-state index < -0.39 is 0 Å². The van der Waals surface area contributed by atoms with E-state index in [-0.39, 0.29) is 12.5 Å². The van der Waals surface area contributed by atoms with E-state index in [4.69, 9.17) is 5.11 Å². The first-order valence-electron chi connectivity index (χ1n) is 6.40. The predicted molar refractivity (Wildman–Crippen MR) is 66.8 cm³/mol. The van der Waals surface area contributed by atoms with Crippen molar-refractivity contribution in [2.45, 2.75) is 38.4 Å². The Morgan fingerprint density at radius 1 is 1.56 bits per heavy atom. The number of carbonyl (C=O) groups is 1. The number of aliphatic hydroxyl groups excluding tert-OH is 1. The number of amides is 1. The first-order valence-corrected chi connectivity index (χ1v) is 6.40. The Morgan fingerprint density at radius 2 is 2.39 bits per heavy atom. The first-order chi connectivity index (χ1) is 8.78. The highest BCUT2D eigenvalue weighted by molar-refractivity contribution is 5.76. The molecule has 0 spiro atoms. The average molecular weight is 252 g/mol. The van der Waals surface area contributed by atoms with Gasteiger partial charge in [-0.3, -0.25) is 9.48 Å². The molecular formula is C12H20N4O2. The van der Waals surface area contributed by atoms with E-state index in [9.17, 15) is 4.79 Å². The molecule has 1 heterocycles. The van der Waals surface area contributed by atoms with Gasteiger partial charge in [0.25, 0.3) is 0 Å². The summed E-state index contributed by atoms with van der Waals surface area (Å²) in [7, 11) is 0. The van der Waals surface area contributed by atoms with E-state index in [1.165, 1.54) is 0 Å². The van der Waals surface area contributed by atoms with E-state index in [1.807, 2.05) is 6.20 Å². The van der Waals surface area contributed by atoms with Gasteiger partial charge in [-0.15, -0.1) is 0 Å². The van der Waals surface area contributed by atoms with E-state index in [2.05, 4.69) is 15.7 Å². The smallest absolute Gasteiger partial charge is 0.221 e. The molecule has 0 radical (unpaired) electrons. The van der Waals surface area contributed by atoms with Crippen LogP contribution in [0.3, 0.4) is 0 Å². The van der Waals surface area contributed by atoms with Crippen LogP contribution in [0.4, 0.5) is 0 Å². The summed E-state index contributed by atoms with van der Waals surface area (Å²) >= 11 is 0. The molecule has 0 bridgehead atoms. The third-order valence-electron chi connectivity index (χ3n) is 2.82. The minimum atomic E-state index is 0.0931. The molecule has 6 heteroatoms. The van der Waals surface area contributed by atoms with Crippen LogP contribution >= 0.6 is 0 Å². The van der Waals surface area contributed by atoms with Gasteiger partial charge < -0.3 is 15.7 Å². The molecule has 1 saturated carbocycles. The molecule has 100 valence electrons. The van der Waals surface area contributed by atoms with Crippen molar-refractivity contribution < 1.29 is 9.90 Å². The van der Waals surface area contributed by atoms with Crippen molar-refractivity contribution in [3.8, 4) is 0 Å². The third kappa shape index (κ3) is 4.46. The maximum Gasteiger partial charge on any atom is 0.221 e.